The molecule has 0 aromatic rings. The van der Waals surface area contributed by atoms with Gasteiger partial charge in [0.1, 0.15) is 17.2 Å². The quantitative estimate of drug-likeness (QED) is 0.700. The Kier molecular flexibility index (Phi) is 3.30. The molecule has 1 N–H and O–H groups in total. The molecule has 0 saturated heterocycles. The highest BCUT2D eigenvalue weighted by Crippen LogP contribution is 2.64. The Bertz CT molecular complexity index is 602. The van der Waals surface area contributed by atoms with Crippen molar-refractivity contribution in [3.8, 4) is 12.3 Å². The highest BCUT2D eigenvalue weighted by atomic mass is 16.3. The topological polar surface area (TPSA) is 54.4 Å². The van der Waals surface area contributed by atoms with Crippen LogP contribution in [-0.2, 0) is 9.59 Å². The molecule has 124 valence electrons. The van der Waals surface area contributed by atoms with Gasteiger partial charge in [0.25, 0.3) is 0 Å². The molecule has 7 atom stereocenters. The number of hydrogen-bond donors (Lipinski definition) is 1. The molecule has 4 aliphatic carbocycles. The smallest absolute Gasteiger partial charge is 0.137 e. The summed E-state index contributed by atoms with van der Waals surface area (Å²) in [4.78, 5) is 24.5. The van der Waals surface area contributed by atoms with Crippen molar-refractivity contribution in [1.29, 1.82) is 0 Å². The SMILES string of the molecule is C#C[C@]1(O)CCC2C3CC(=O)C4CC(=O)CCC4C3CC[C@@]21C. The van der Waals surface area contributed by atoms with Gasteiger partial charge < -0.3 is 5.11 Å². The fourth-order valence-electron chi connectivity index (χ4n) is 6.67. The molecule has 4 fully saturated rings. The van der Waals surface area contributed by atoms with E-state index in [0.717, 1.165) is 25.7 Å². The molecule has 3 heteroatoms. The zero-order valence-electron chi connectivity index (χ0n) is 13.9. The third kappa shape index (κ3) is 1.94. The first-order valence-corrected chi connectivity index (χ1v) is 9.14. The van der Waals surface area contributed by atoms with Gasteiger partial charge in [-0.25, -0.2) is 0 Å². The zero-order valence-corrected chi connectivity index (χ0v) is 13.9. The minimum atomic E-state index is -1.01. The summed E-state index contributed by atoms with van der Waals surface area (Å²) in [6.07, 6.45) is 11.9. The molecule has 23 heavy (non-hydrogen) atoms. The monoisotopic (exact) mass is 314 g/mol. The highest BCUT2D eigenvalue weighted by molar-refractivity contribution is 5.90. The lowest BCUT2D eigenvalue weighted by molar-refractivity contribution is -0.149. The Balaban J connectivity index is 1.66. The van der Waals surface area contributed by atoms with E-state index in [0.29, 0.717) is 55.1 Å². The number of fused-ring (bicyclic) bond motifs is 5. The van der Waals surface area contributed by atoms with Crippen molar-refractivity contribution in [2.24, 2.45) is 35.0 Å². The lowest BCUT2D eigenvalue weighted by Crippen LogP contribution is -2.55. The number of rotatable bonds is 0. The van der Waals surface area contributed by atoms with Crippen molar-refractivity contribution in [3.05, 3.63) is 0 Å². The average molecular weight is 314 g/mol. The van der Waals surface area contributed by atoms with Crippen LogP contribution in [0.4, 0.5) is 0 Å². The van der Waals surface area contributed by atoms with E-state index in [2.05, 4.69) is 12.8 Å². The van der Waals surface area contributed by atoms with Crippen molar-refractivity contribution >= 4 is 11.6 Å². The van der Waals surface area contributed by atoms with Crippen LogP contribution in [0.15, 0.2) is 0 Å². The Morgan fingerprint density at radius 3 is 2.61 bits per heavy atom. The second kappa shape index (κ2) is 4.93. The normalized spacial score (nSPS) is 52.3. The Morgan fingerprint density at radius 2 is 1.87 bits per heavy atom. The van der Waals surface area contributed by atoms with Crippen molar-refractivity contribution in [1.82, 2.24) is 0 Å². The molecule has 5 unspecified atom stereocenters. The average Bonchev–Trinajstić information content (AvgIpc) is 2.80. The first kappa shape index (κ1) is 15.4. The molecule has 4 aliphatic rings. The van der Waals surface area contributed by atoms with E-state index >= 15 is 0 Å². The second-order valence-electron chi connectivity index (χ2n) is 8.66. The predicted octanol–water partition coefficient (Wildman–Crippen LogP) is 2.75. The second-order valence-corrected chi connectivity index (χ2v) is 8.66. The summed E-state index contributed by atoms with van der Waals surface area (Å²) >= 11 is 0. The summed E-state index contributed by atoms with van der Waals surface area (Å²) in [5.74, 6) is 4.87. The third-order valence-electron chi connectivity index (χ3n) is 8.00. The molecule has 0 heterocycles. The minimum absolute atomic E-state index is 0.0187. The highest BCUT2D eigenvalue weighted by Gasteiger charge is 2.63. The lowest BCUT2D eigenvalue weighted by atomic mass is 9.49. The Hall–Kier alpha value is -1.14. The van der Waals surface area contributed by atoms with Gasteiger partial charge in [-0.15, -0.1) is 6.42 Å². The molecular weight excluding hydrogens is 288 g/mol. The van der Waals surface area contributed by atoms with Crippen LogP contribution < -0.4 is 0 Å². The van der Waals surface area contributed by atoms with E-state index in [4.69, 9.17) is 6.42 Å². The van der Waals surface area contributed by atoms with Gasteiger partial charge in [0.05, 0.1) is 0 Å². The molecule has 0 aromatic carbocycles. The molecule has 4 rings (SSSR count). The van der Waals surface area contributed by atoms with Crippen LogP contribution in [0.3, 0.4) is 0 Å². The predicted molar refractivity (Wildman–Crippen MR) is 86.3 cm³/mol. The van der Waals surface area contributed by atoms with Gasteiger partial charge in [-0.3, -0.25) is 9.59 Å². The largest absolute Gasteiger partial charge is 0.377 e. The summed E-state index contributed by atoms with van der Waals surface area (Å²) in [6.45, 7) is 2.14. The molecule has 0 bridgehead atoms. The Morgan fingerprint density at radius 1 is 1.09 bits per heavy atom. The van der Waals surface area contributed by atoms with E-state index in [-0.39, 0.29) is 17.1 Å². The van der Waals surface area contributed by atoms with Crippen molar-refractivity contribution < 1.29 is 14.7 Å². The Labute approximate surface area is 138 Å². The summed E-state index contributed by atoms with van der Waals surface area (Å²) in [7, 11) is 0. The number of carbonyl (C=O) groups is 2. The van der Waals surface area contributed by atoms with Crippen LogP contribution in [0.1, 0.15) is 58.3 Å². The molecule has 0 spiro atoms. The van der Waals surface area contributed by atoms with Crippen molar-refractivity contribution in [2.45, 2.75) is 63.9 Å². The van der Waals surface area contributed by atoms with E-state index in [1.807, 2.05) is 0 Å². The van der Waals surface area contributed by atoms with E-state index in [1.165, 1.54) is 0 Å². The fraction of sp³-hybridized carbons (Fsp3) is 0.800. The molecule has 0 radical (unpaired) electrons. The van der Waals surface area contributed by atoms with Gasteiger partial charge in [-0.2, -0.15) is 0 Å². The maximum atomic E-state index is 12.7. The standard InChI is InChI=1S/C20H26O3/c1-3-20(23)9-7-17-15-11-18(22)16-10-12(21)4-5-13(16)14(15)6-8-19(17,20)2/h1,13-17,23H,4-11H2,2H3/t13?,14?,15?,16?,17?,19-,20-/m0/s1. The molecule has 3 nitrogen and oxygen atoms in total. The molecule has 4 saturated carbocycles. The van der Waals surface area contributed by atoms with Gasteiger partial charge in [-0.1, -0.05) is 12.8 Å². The summed E-state index contributed by atoms with van der Waals surface area (Å²) in [5.41, 5.74) is -1.26. The summed E-state index contributed by atoms with van der Waals surface area (Å²) < 4.78 is 0. The number of ketones is 2. The van der Waals surface area contributed by atoms with Crippen LogP contribution in [0.5, 0.6) is 0 Å². The number of terminal acetylenes is 1. The summed E-state index contributed by atoms with van der Waals surface area (Å²) in [5, 5.41) is 10.9. The van der Waals surface area contributed by atoms with Crippen LogP contribution in [0.2, 0.25) is 0 Å². The molecule has 0 amide bonds. The summed E-state index contributed by atoms with van der Waals surface area (Å²) in [6, 6.07) is 0. The van der Waals surface area contributed by atoms with Gasteiger partial charge in [0.15, 0.2) is 0 Å². The number of carbonyl (C=O) groups excluding carboxylic acids is 2. The van der Waals surface area contributed by atoms with Crippen LogP contribution in [0.25, 0.3) is 0 Å². The number of hydrogen-bond acceptors (Lipinski definition) is 3. The molecule has 0 aliphatic heterocycles. The first-order chi connectivity index (χ1) is 10.9. The van der Waals surface area contributed by atoms with Gasteiger partial charge in [0.2, 0.25) is 0 Å². The van der Waals surface area contributed by atoms with Crippen LogP contribution in [-0.4, -0.2) is 22.3 Å². The first-order valence-electron chi connectivity index (χ1n) is 9.14. The van der Waals surface area contributed by atoms with Gasteiger partial charge in [-0.05, 0) is 55.8 Å². The molecule has 0 aromatic heterocycles. The van der Waals surface area contributed by atoms with E-state index in [1.54, 1.807) is 0 Å². The van der Waals surface area contributed by atoms with Crippen LogP contribution >= 0.6 is 0 Å². The van der Waals surface area contributed by atoms with Crippen molar-refractivity contribution in [3.63, 3.8) is 0 Å². The van der Waals surface area contributed by atoms with Gasteiger partial charge >= 0.3 is 0 Å². The number of aliphatic hydroxyl groups is 1. The van der Waals surface area contributed by atoms with E-state index in [9.17, 15) is 14.7 Å². The third-order valence-corrected chi connectivity index (χ3v) is 8.00. The van der Waals surface area contributed by atoms with Crippen molar-refractivity contribution in [2.75, 3.05) is 0 Å². The number of Topliss-reactive ketones (excluding diaryl/α,β-unsaturated/α-hetero) is 2. The minimum Gasteiger partial charge on any atom is -0.377 e. The lowest BCUT2D eigenvalue weighted by Gasteiger charge is -2.55. The maximum Gasteiger partial charge on any atom is 0.137 e. The maximum absolute atomic E-state index is 12.7. The zero-order chi connectivity index (χ0) is 16.4. The van der Waals surface area contributed by atoms with Crippen LogP contribution in [0, 0.1) is 47.3 Å². The van der Waals surface area contributed by atoms with E-state index < -0.39 is 5.60 Å². The molecular formula is C20H26O3. The fourth-order valence-corrected chi connectivity index (χ4v) is 6.67. The van der Waals surface area contributed by atoms with Gasteiger partial charge in [0, 0.05) is 30.6 Å².